The van der Waals surface area contributed by atoms with Gasteiger partial charge in [0.25, 0.3) is 17.7 Å². The van der Waals surface area contributed by atoms with E-state index in [1.807, 2.05) is 6.26 Å². The average molecular weight is 441 g/mol. The van der Waals surface area contributed by atoms with E-state index < -0.39 is 23.8 Å². The molecule has 0 aliphatic carbocycles. The van der Waals surface area contributed by atoms with E-state index in [9.17, 15) is 14.4 Å². The zero-order valence-corrected chi connectivity index (χ0v) is 17.2. The van der Waals surface area contributed by atoms with Crippen molar-refractivity contribution in [2.24, 2.45) is 0 Å². The van der Waals surface area contributed by atoms with Gasteiger partial charge in [0, 0.05) is 23.0 Å². The molecule has 0 saturated heterocycles. The van der Waals surface area contributed by atoms with Gasteiger partial charge in [0.1, 0.15) is 6.04 Å². The molecule has 2 rings (SSSR count). The van der Waals surface area contributed by atoms with Crippen LogP contribution in [0.5, 0.6) is 0 Å². The van der Waals surface area contributed by atoms with E-state index in [4.69, 9.17) is 23.2 Å². The first-order chi connectivity index (χ1) is 13.4. The highest BCUT2D eigenvalue weighted by atomic mass is 35.5. The summed E-state index contributed by atoms with van der Waals surface area (Å²) in [5, 5.41) is 3.22. The van der Waals surface area contributed by atoms with Crippen LogP contribution in [-0.4, -0.2) is 40.8 Å². The van der Waals surface area contributed by atoms with Gasteiger partial charge >= 0.3 is 0 Å². The van der Waals surface area contributed by atoms with Crippen molar-refractivity contribution in [1.82, 2.24) is 21.2 Å². The van der Waals surface area contributed by atoms with Crippen LogP contribution < -0.4 is 16.2 Å². The van der Waals surface area contributed by atoms with Crippen molar-refractivity contribution >= 4 is 52.7 Å². The van der Waals surface area contributed by atoms with Gasteiger partial charge in [-0.1, -0.05) is 23.2 Å². The number of rotatable bonds is 7. The Morgan fingerprint density at radius 3 is 2.43 bits per heavy atom. The van der Waals surface area contributed by atoms with Gasteiger partial charge in [-0.05, 0) is 48.8 Å². The molecule has 0 saturated carbocycles. The maximum Gasteiger partial charge on any atom is 0.269 e. The fraction of sp³-hybridized carbons (Fsp3) is 0.222. The van der Waals surface area contributed by atoms with Crippen molar-refractivity contribution in [1.29, 1.82) is 0 Å². The number of amides is 3. The largest absolute Gasteiger partial charge is 0.340 e. The number of hydrogen-bond acceptors (Lipinski definition) is 5. The van der Waals surface area contributed by atoms with Gasteiger partial charge < -0.3 is 5.32 Å². The van der Waals surface area contributed by atoms with Crippen LogP contribution in [-0.2, 0) is 4.79 Å². The standard InChI is InChI=1S/C18H18Cl2N4O3S/c1-28-9-6-15(22-17(26)13-3-2-12(19)10-14(13)20)18(27)24-23-16(25)11-4-7-21-8-5-11/h2-5,7-8,10,15H,6,9H2,1H3,(H,22,26)(H,23,25)(H,24,27)/t15-/m0/s1. The number of benzene rings is 1. The molecule has 1 atom stereocenters. The zero-order chi connectivity index (χ0) is 20.5. The average Bonchev–Trinajstić information content (AvgIpc) is 2.69. The van der Waals surface area contributed by atoms with Gasteiger partial charge in [0.2, 0.25) is 0 Å². The summed E-state index contributed by atoms with van der Waals surface area (Å²) in [6.45, 7) is 0. The van der Waals surface area contributed by atoms with Crippen molar-refractivity contribution in [3.63, 3.8) is 0 Å². The maximum absolute atomic E-state index is 12.5. The smallest absolute Gasteiger partial charge is 0.269 e. The molecule has 0 spiro atoms. The minimum Gasteiger partial charge on any atom is -0.340 e. The number of nitrogens with zero attached hydrogens (tertiary/aromatic N) is 1. The van der Waals surface area contributed by atoms with Crippen LogP contribution >= 0.6 is 35.0 Å². The van der Waals surface area contributed by atoms with E-state index in [1.54, 1.807) is 0 Å². The van der Waals surface area contributed by atoms with Crippen molar-refractivity contribution in [3.05, 3.63) is 63.9 Å². The Morgan fingerprint density at radius 2 is 1.79 bits per heavy atom. The summed E-state index contributed by atoms with van der Waals surface area (Å²) >= 11 is 13.4. The van der Waals surface area contributed by atoms with Crippen molar-refractivity contribution in [2.75, 3.05) is 12.0 Å². The van der Waals surface area contributed by atoms with Crippen molar-refractivity contribution in [2.45, 2.75) is 12.5 Å². The molecule has 0 aliphatic rings. The molecule has 3 amide bonds. The highest BCUT2D eigenvalue weighted by Crippen LogP contribution is 2.21. The molecule has 0 unspecified atom stereocenters. The van der Waals surface area contributed by atoms with Crippen LogP contribution in [0.15, 0.2) is 42.7 Å². The Balaban J connectivity index is 2.02. The summed E-state index contributed by atoms with van der Waals surface area (Å²) < 4.78 is 0. The van der Waals surface area contributed by atoms with Crippen LogP contribution in [0.2, 0.25) is 10.0 Å². The summed E-state index contributed by atoms with van der Waals surface area (Å²) in [5.41, 5.74) is 5.20. The number of aromatic nitrogens is 1. The number of thioether (sulfide) groups is 1. The highest BCUT2D eigenvalue weighted by molar-refractivity contribution is 7.98. The zero-order valence-electron chi connectivity index (χ0n) is 14.9. The van der Waals surface area contributed by atoms with Gasteiger partial charge in [-0.2, -0.15) is 11.8 Å². The lowest BCUT2D eigenvalue weighted by Crippen LogP contribution is -2.52. The summed E-state index contributed by atoms with van der Waals surface area (Å²) in [5.74, 6) is -0.921. The number of pyridine rings is 1. The van der Waals surface area contributed by atoms with Crippen LogP contribution in [0, 0.1) is 0 Å². The van der Waals surface area contributed by atoms with Crippen molar-refractivity contribution in [3.8, 4) is 0 Å². The number of carbonyl (C=O) groups is 3. The second kappa shape index (κ2) is 10.9. The molecule has 1 aromatic heterocycles. The molecule has 3 N–H and O–H groups in total. The molecule has 1 heterocycles. The normalized spacial score (nSPS) is 11.4. The monoisotopic (exact) mass is 440 g/mol. The highest BCUT2D eigenvalue weighted by Gasteiger charge is 2.23. The van der Waals surface area contributed by atoms with Crippen LogP contribution in [0.3, 0.4) is 0 Å². The molecule has 28 heavy (non-hydrogen) atoms. The topological polar surface area (TPSA) is 100 Å². The molecule has 0 bridgehead atoms. The predicted octanol–water partition coefficient (Wildman–Crippen LogP) is 2.70. The summed E-state index contributed by atoms with van der Waals surface area (Å²) in [7, 11) is 0. The fourth-order valence-electron chi connectivity index (χ4n) is 2.20. The third-order valence-corrected chi connectivity index (χ3v) is 4.84. The Labute approximate surface area is 176 Å². The Kier molecular flexibility index (Phi) is 8.56. The van der Waals surface area contributed by atoms with Gasteiger partial charge in [-0.15, -0.1) is 0 Å². The molecular formula is C18H18Cl2N4O3S. The predicted molar refractivity (Wildman–Crippen MR) is 111 cm³/mol. The lowest BCUT2D eigenvalue weighted by atomic mass is 10.1. The SMILES string of the molecule is CSCC[C@H](NC(=O)c1ccc(Cl)cc1Cl)C(=O)NNC(=O)c1ccncc1. The van der Waals surface area contributed by atoms with E-state index in [-0.39, 0.29) is 10.6 Å². The van der Waals surface area contributed by atoms with E-state index in [2.05, 4.69) is 21.2 Å². The van der Waals surface area contributed by atoms with E-state index >= 15 is 0 Å². The van der Waals surface area contributed by atoms with E-state index in [0.717, 1.165) is 0 Å². The first-order valence-electron chi connectivity index (χ1n) is 8.17. The summed E-state index contributed by atoms with van der Waals surface area (Å²) in [6.07, 6.45) is 5.19. The number of nitrogens with one attached hydrogen (secondary N) is 3. The number of carbonyl (C=O) groups excluding carboxylic acids is 3. The third kappa shape index (κ3) is 6.40. The Bertz CT molecular complexity index is 852. The van der Waals surface area contributed by atoms with Gasteiger partial charge in [-0.3, -0.25) is 30.2 Å². The number of hydrazine groups is 1. The molecule has 7 nitrogen and oxygen atoms in total. The third-order valence-electron chi connectivity index (χ3n) is 3.65. The summed E-state index contributed by atoms with van der Waals surface area (Å²) in [4.78, 5) is 40.8. The molecule has 2 aromatic rings. The lowest BCUT2D eigenvalue weighted by Gasteiger charge is -2.19. The molecule has 0 aliphatic heterocycles. The Hall–Kier alpha value is -2.29. The molecule has 148 valence electrons. The lowest BCUT2D eigenvalue weighted by molar-refractivity contribution is -0.123. The molecule has 10 heteroatoms. The van der Waals surface area contributed by atoms with E-state index in [0.29, 0.717) is 22.8 Å². The molecule has 1 aromatic carbocycles. The van der Waals surface area contributed by atoms with Gasteiger partial charge in [-0.25, -0.2) is 0 Å². The van der Waals surface area contributed by atoms with Crippen LogP contribution in [0.1, 0.15) is 27.1 Å². The molecular weight excluding hydrogens is 423 g/mol. The fourth-order valence-corrected chi connectivity index (χ4v) is 3.16. The molecule has 0 fully saturated rings. The number of hydrogen-bond donors (Lipinski definition) is 3. The minimum atomic E-state index is -0.857. The quantitative estimate of drug-likeness (QED) is 0.574. The van der Waals surface area contributed by atoms with Crippen LogP contribution in [0.25, 0.3) is 0 Å². The summed E-state index contributed by atoms with van der Waals surface area (Å²) in [6, 6.07) is 6.63. The van der Waals surface area contributed by atoms with Gasteiger partial charge in [0.15, 0.2) is 0 Å². The molecule has 0 radical (unpaired) electrons. The second-order valence-corrected chi connectivity index (χ2v) is 7.44. The maximum atomic E-state index is 12.5. The number of halogens is 2. The Morgan fingerprint density at radius 1 is 1.07 bits per heavy atom. The first kappa shape index (κ1) is 22.0. The van der Waals surface area contributed by atoms with E-state index in [1.165, 1.54) is 54.5 Å². The minimum absolute atomic E-state index is 0.181. The van der Waals surface area contributed by atoms with Crippen LogP contribution in [0.4, 0.5) is 0 Å². The van der Waals surface area contributed by atoms with Gasteiger partial charge in [0.05, 0.1) is 10.6 Å². The van der Waals surface area contributed by atoms with Crippen molar-refractivity contribution < 1.29 is 14.4 Å². The first-order valence-corrected chi connectivity index (χ1v) is 10.3. The second-order valence-electron chi connectivity index (χ2n) is 5.61.